The van der Waals surface area contributed by atoms with E-state index in [9.17, 15) is 0 Å². The first kappa shape index (κ1) is 40.9. The molecule has 0 saturated heterocycles. The van der Waals surface area contributed by atoms with E-state index in [1.54, 1.807) is 0 Å². The van der Waals surface area contributed by atoms with Crippen LogP contribution in [0.15, 0.2) is 60.7 Å². The van der Waals surface area contributed by atoms with Crippen LogP contribution in [0.1, 0.15) is 107 Å². The van der Waals surface area contributed by atoms with E-state index in [2.05, 4.69) is 112 Å². The van der Waals surface area contributed by atoms with E-state index >= 15 is 0 Å². The van der Waals surface area contributed by atoms with Crippen LogP contribution in [0.4, 0.5) is 0 Å². The number of likely N-dealkylation sites (N-methyl/N-ethyl adjacent to an activating group) is 2. The van der Waals surface area contributed by atoms with Crippen molar-refractivity contribution in [3.63, 3.8) is 0 Å². The van der Waals surface area contributed by atoms with Crippen LogP contribution < -0.4 is 0 Å². The monoisotopic (exact) mass is 734 g/mol. The van der Waals surface area contributed by atoms with Gasteiger partial charge in [-0.25, -0.2) is 0 Å². The van der Waals surface area contributed by atoms with E-state index in [0.717, 1.165) is 61.8 Å². The maximum atomic E-state index is 6.90. The number of aryl methyl sites for hydroxylation is 2. The van der Waals surface area contributed by atoms with Crippen LogP contribution >= 0.6 is 24.8 Å². The molecule has 0 radical (unpaired) electrons. The molecule has 4 heterocycles. The Kier molecular flexibility index (Phi) is 15.4. The van der Waals surface area contributed by atoms with Crippen molar-refractivity contribution in [3.05, 3.63) is 128 Å². The third-order valence-corrected chi connectivity index (χ3v) is 10.6. The average Bonchev–Trinajstić information content (AvgIpc) is 3.81. The van der Waals surface area contributed by atoms with E-state index in [1.165, 1.54) is 44.5 Å². The summed E-state index contributed by atoms with van der Waals surface area (Å²) in [7, 11) is 0. The summed E-state index contributed by atoms with van der Waals surface area (Å²) in [5, 5.41) is 0. The lowest BCUT2D eigenvalue weighted by Gasteiger charge is -2.35. The maximum Gasteiger partial charge on any atom is 0.0743 e. The van der Waals surface area contributed by atoms with Gasteiger partial charge in [0.2, 0.25) is 0 Å². The summed E-state index contributed by atoms with van der Waals surface area (Å²) in [6, 6.07) is 21.4. The minimum Gasteiger partial charge on any atom is -0.377 e. The van der Waals surface area contributed by atoms with Gasteiger partial charge in [-0.1, -0.05) is 88.4 Å². The number of rotatable bonds is 16. The van der Waals surface area contributed by atoms with Crippen molar-refractivity contribution in [2.24, 2.45) is 0 Å². The van der Waals surface area contributed by atoms with Gasteiger partial charge in [0.05, 0.1) is 63.1 Å². The zero-order valence-electron chi connectivity index (χ0n) is 31.2. The Morgan fingerprint density at radius 2 is 0.922 bits per heavy atom. The first-order valence-corrected chi connectivity index (χ1v) is 18.3. The molecule has 2 unspecified atom stereocenters. The van der Waals surface area contributed by atoms with Crippen LogP contribution in [0.3, 0.4) is 0 Å². The molecule has 0 N–H and O–H groups in total. The number of halogens is 2. The SMILES string of the molecule is CCN(CC)C(COCC(c1c(C)nc(Cc2ccccc2)c2c1COC2)N(CC)CC)c1c(C)nc(Cc2ccccc2)c2c1COC2.Cl.Cl. The molecule has 2 atom stereocenters. The molecule has 0 aliphatic carbocycles. The number of hydrogen-bond acceptors (Lipinski definition) is 7. The van der Waals surface area contributed by atoms with Crippen LogP contribution in [0.5, 0.6) is 0 Å². The molecule has 2 aliphatic heterocycles. The molecular weight excluding hydrogens is 679 g/mol. The molecule has 51 heavy (non-hydrogen) atoms. The highest BCUT2D eigenvalue weighted by Gasteiger charge is 2.33. The van der Waals surface area contributed by atoms with Crippen molar-refractivity contribution < 1.29 is 14.2 Å². The van der Waals surface area contributed by atoms with Crippen molar-refractivity contribution in [2.75, 3.05) is 39.4 Å². The molecule has 0 bridgehead atoms. The summed E-state index contributed by atoms with van der Waals surface area (Å²) in [5.41, 5.74) is 14.7. The zero-order valence-corrected chi connectivity index (χ0v) is 32.9. The molecular formula is C42H56Cl2N4O3. The first-order valence-electron chi connectivity index (χ1n) is 18.3. The standard InChI is InChI=1S/C42H54N4O3.2ClH/c1-7-45(8-2)39(41-29(5)43-37(33-23-47-25-35(33)41)21-31-17-13-11-14-18-31)27-49-28-40(46(9-3)10-4)42-30(6)44-38(34-24-48-26-36(34)42)22-32-19-15-12-16-20-32;;/h11-20,39-40H,7-10,21-28H2,1-6H3;2*1H. The van der Waals surface area contributed by atoms with E-state index in [4.69, 9.17) is 24.2 Å². The summed E-state index contributed by atoms with van der Waals surface area (Å²) in [6.45, 7) is 20.7. The lowest BCUT2D eigenvalue weighted by Crippen LogP contribution is -2.36. The van der Waals surface area contributed by atoms with E-state index < -0.39 is 0 Å². The van der Waals surface area contributed by atoms with Gasteiger partial charge in [-0.05, 0) is 73.4 Å². The zero-order chi connectivity index (χ0) is 34.3. The molecule has 2 aliphatic rings. The second-order valence-corrected chi connectivity index (χ2v) is 13.4. The van der Waals surface area contributed by atoms with E-state index in [-0.39, 0.29) is 36.9 Å². The van der Waals surface area contributed by atoms with E-state index in [0.29, 0.717) is 39.6 Å². The number of fused-ring (bicyclic) bond motifs is 2. The molecule has 7 nitrogen and oxygen atoms in total. The van der Waals surface area contributed by atoms with Crippen LogP contribution in [-0.4, -0.2) is 59.2 Å². The highest BCUT2D eigenvalue weighted by Crippen LogP contribution is 2.38. The van der Waals surface area contributed by atoms with Crippen molar-refractivity contribution in [2.45, 2.75) is 92.9 Å². The van der Waals surface area contributed by atoms with Gasteiger partial charge in [-0.15, -0.1) is 24.8 Å². The topological polar surface area (TPSA) is 60.0 Å². The van der Waals surface area contributed by atoms with Gasteiger partial charge in [0.15, 0.2) is 0 Å². The van der Waals surface area contributed by atoms with Crippen LogP contribution in [0, 0.1) is 13.8 Å². The quantitative estimate of drug-likeness (QED) is 0.114. The molecule has 2 aromatic heterocycles. The summed E-state index contributed by atoms with van der Waals surface area (Å²) < 4.78 is 19.1. The number of nitrogens with zero attached hydrogens (tertiary/aromatic N) is 4. The second-order valence-electron chi connectivity index (χ2n) is 13.4. The van der Waals surface area contributed by atoms with Gasteiger partial charge >= 0.3 is 0 Å². The number of hydrogen-bond donors (Lipinski definition) is 0. The predicted molar refractivity (Wildman–Crippen MR) is 210 cm³/mol. The van der Waals surface area contributed by atoms with Crippen LogP contribution in [0.25, 0.3) is 0 Å². The Morgan fingerprint density at radius 3 is 1.27 bits per heavy atom. The largest absolute Gasteiger partial charge is 0.377 e. The fourth-order valence-corrected chi connectivity index (χ4v) is 8.07. The Bertz CT molecular complexity index is 1570. The molecule has 0 spiro atoms. The van der Waals surface area contributed by atoms with Gasteiger partial charge in [0, 0.05) is 35.4 Å². The van der Waals surface area contributed by atoms with Crippen molar-refractivity contribution >= 4 is 24.8 Å². The van der Waals surface area contributed by atoms with Crippen molar-refractivity contribution in [1.29, 1.82) is 0 Å². The molecule has 0 amide bonds. The maximum absolute atomic E-state index is 6.90. The Morgan fingerprint density at radius 1 is 0.569 bits per heavy atom. The number of aromatic nitrogens is 2. The summed E-state index contributed by atoms with van der Waals surface area (Å²) in [4.78, 5) is 15.5. The molecule has 4 aromatic rings. The lowest BCUT2D eigenvalue weighted by molar-refractivity contribution is 0.0232. The summed E-state index contributed by atoms with van der Waals surface area (Å²) in [5.74, 6) is 0. The highest BCUT2D eigenvalue weighted by molar-refractivity contribution is 5.85. The minimum atomic E-state index is 0. The smallest absolute Gasteiger partial charge is 0.0743 e. The lowest BCUT2D eigenvalue weighted by atomic mass is 9.92. The van der Waals surface area contributed by atoms with Crippen molar-refractivity contribution in [1.82, 2.24) is 19.8 Å². The Labute approximate surface area is 317 Å². The summed E-state index contributed by atoms with van der Waals surface area (Å²) in [6.07, 6.45) is 1.63. The Balaban J connectivity index is 0.00000292. The van der Waals surface area contributed by atoms with Gasteiger partial charge in [-0.3, -0.25) is 19.8 Å². The van der Waals surface area contributed by atoms with Crippen LogP contribution in [0.2, 0.25) is 0 Å². The normalized spacial score (nSPS) is 14.6. The van der Waals surface area contributed by atoms with E-state index in [1.807, 2.05) is 0 Å². The van der Waals surface area contributed by atoms with Gasteiger partial charge < -0.3 is 14.2 Å². The fraction of sp³-hybridized carbons (Fsp3) is 0.476. The van der Waals surface area contributed by atoms with Gasteiger partial charge in [-0.2, -0.15) is 0 Å². The molecule has 9 heteroatoms. The highest BCUT2D eigenvalue weighted by atomic mass is 35.5. The third kappa shape index (κ3) is 9.02. The molecule has 2 aromatic carbocycles. The summed E-state index contributed by atoms with van der Waals surface area (Å²) >= 11 is 0. The Hall–Kier alpha value is -2.88. The molecule has 0 fully saturated rings. The molecule has 276 valence electrons. The van der Waals surface area contributed by atoms with Gasteiger partial charge in [0.25, 0.3) is 0 Å². The predicted octanol–water partition coefficient (Wildman–Crippen LogP) is 8.66. The number of benzene rings is 2. The fourth-order valence-electron chi connectivity index (χ4n) is 8.07. The number of pyridine rings is 2. The van der Waals surface area contributed by atoms with Gasteiger partial charge in [0.1, 0.15) is 0 Å². The third-order valence-electron chi connectivity index (χ3n) is 10.6. The van der Waals surface area contributed by atoms with Crippen molar-refractivity contribution in [3.8, 4) is 0 Å². The second kappa shape index (κ2) is 19.3. The molecule has 0 saturated carbocycles. The first-order chi connectivity index (χ1) is 24.0. The van der Waals surface area contributed by atoms with Crippen LogP contribution in [-0.2, 0) is 53.5 Å². The molecule has 6 rings (SSSR count). The minimum absolute atomic E-state index is 0. The average molecular weight is 736 g/mol. The number of ether oxygens (including phenoxy) is 3.